The molecule has 9 nitrogen and oxygen atoms in total. The third kappa shape index (κ3) is 7.58. The molecule has 0 aliphatic carbocycles. The summed E-state index contributed by atoms with van der Waals surface area (Å²) in [6.07, 6.45) is 0.923. The minimum atomic E-state index is -0.351. The Kier molecular flexibility index (Phi) is 9.37. The van der Waals surface area contributed by atoms with Crippen molar-refractivity contribution in [2.24, 2.45) is 0 Å². The number of rotatable bonds is 11. The lowest BCUT2D eigenvalue weighted by molar-refractivity contribution is 0.0947. The van der Waals surface area contributed by atoms with E-state index in [2.05, 4.69) is 37.6 Å². The van der Waals surface area contributed by atoms with E-state index >= 15 is 0 Å². The van der Waals surface area contributed by atoms with Crippen molar-refractivity contribution >= 4 is 28.8 Å². The van der Waals surface area contributed by atoms with Gasteiger partial charge in [0, 0.05) is 44.0 Å². The van der Waals surface area contributed by atoms with Crippen LogP contribution in [0.2, 0.25) is 0 Å². The second kappa shape index (κ2) is 13.1. The average molecular weight is 509 g/mol. The summed E-state index contributed by atoms with van der Waals surface area (Å²) in [7, 11) is 0. The van der Waals surface area contributed by atoms with Gasteiger partial charge in [-0.1, -0.05) is 36.5 Å². The minimum Gasteiger partial charge on any atom is -0.486 e. The third-order valence-corrected chi connectivity index (χ3v) is 6.92. The zero-order valence-corrected chi connectivity index (χ0v) is 21.3. The fourth-order valence-electron chi connectivity index (χ4n) is 3.89. The van der Waals surface area contributed by atoms with E-state index in [0.29, 0.717) is 22.8 Å². The van der Waals surface area contributed by atoms with Gasteiger partial charge < -0.3 is 25.2 Å². The number of para-hydroxylation sites is 1. The molecule has 3 aromatic rings. The molecule has 0 saturated carbocycles. The molecule has 1 fully saturated rings. The SMILES string of the molecule is CCN1CCN(CCCNC(=O)c2ccc(NC(=O)c3nnc(COc4ccccc4)s3)cc2)CC1. The summed E-state index contributed by atoms with van der Waals surface area (Å²) in [4.78, 5) is 29.9. The molecular weight excluding hydrogens is 476 g/mol. The maximum Gasteiger partial charge on any atom is 0.286 e. The molecular formula is C26H32N6O3S. The highest BCUT2D eigenvalue weighted by molar-refractivity contribution is 7.13. The fourth-order valence-corrected chi connectivity index (χ4v) is 4.54. The van der Waals surface area contributed by atoms with Gasteiger partial charge in [-0.15, -0.1) is 10.2 Å². The van der Waals surface area contributed by atoms with E-state index in [-0.39, 0.29) is 23.4 Å². The molecule has 1 saturated heterocycles. The average Bonchev–Trinajstić information content (AvgIpc) is 3.40. The molecule has 0 radical (unpaired) electrons. The minimum absolute atomic E-state index is 0.115. The monoisotopic (exact) mass is 508 g/mol. The first-order valence-electron chi connectivity index (χ1n) is 12.3. The van der Waals surface area contributed by atoms with Crippen molar-refractivity contribution in [3.63, 3.8) is 0 Å². The van der Waals surface area contributed by atoms with Crippen LogP contribution >= 0.6 is 11.3 Å². The molecule has 2 aromatic carbocycles. The number of piperazine rings is 1. The number of amides is 2. The second-order valence-corrected chi connectivity index (χ2v) is 9.58. The number of ether oxygens (including phenoxy) is 1. The Morgan fingerprint density at radius 2 is 1.67 bits per heavy atom. The van der Waals surface area contributed by atoms with Crippen molar-refractivity contribution in [1.82, 2.24) is 25.3 Å². The Balaban J connectivity index is 1.17. The summed E-state index contributed by atoms with van der Waals surface area (Å²) in [6.45, 7) is 9.61. The zero-order valence-electron chi connectivity index (χ0n) is 20.5. The molecule has 190 valence electrons. The number of nitrogens with zero attached hydrogens (tertiary/aromatic N) is 4. The van der Waals surface area contributed by atoms with Crippen LogP contribution in [0.4, 0.5) is 5.69 Å². The highest BCUT2D eigenvalue weighted by Gasteiger charge is 2.16. The van der Waals surface area contributed by atoms with Gasteiger partial charge in [0.25, 0.3) is 11.8 Å². The van der Waals surface area contributed by atoms with E-state index in [0.717, 1.165) is 51.4 Å². The van der Waals surface area contributed by atoms with Crippen LogP contribution in [0.5, 0.6) is 5.75 Å². The van der Waals surface area contributed by atoms with Gasteiger partial charge in [-0.3, -0.25) is 9.59 Å². The van der Waals surface area contributed by atoms with Gasteiger partial charge in [-0.2, -0.15) is 0 Å². The van der Waals surface area contributed by atoms with Crippen molar-refractivity contribution in [2.75, 3.05) is 51.1 Å². The molecule has 2 N–H and O–H groups in total. The normalized spacial score (nSPS) is 14.4. The van der Waals surface area contributed by atoms with Crippen molar-refractivity contribution in [1.29, 1.82) is 0 Å². The van der Waals surface area contributed by atoms with Crippen molar-refractivity contribution in [2.45, 2.75) is 20.0 Å². The predicted molar refractivity (Wildman–Crippen MR) is 141 cm³/mol. The molecule has 2 amide bonds. The van der Waals surface area contributed by atoms with E-state index in [9.17, 15) is 9.59 Å². The van der Waals surface area contributed by atoms with Crippen LogP contribution in [0.25, 0.3) is 0 Å². The van der Waals surface area contributed by atoms with Gasteiger partial charge >= 0.3 is 0 Å². The van der Waals surface area contributed by atoms with Gasteiger partial charge in [-0.05, 0) is 55.9 Å². The van der Waals surface area contributed by atoms with Crippen LogP contribution in [0.1, 0.15) is 38.5 Å². The quantitative estimate of drug-likeness (QED) is 0.384. The first kappa shape index (κ1) is 25.7. The highest BCUT2D eigenvalue weighted by atomic mass is 32.1. The Bertz CT molecular complexity index is 1110. The van der Waals surface area contributed by atoms with E-state index in [4.69, 9.17) is 4.74 Å². The van der Waals surface area contributed by atoms with Crippen LogP contribution in [-0.2, 0) is 6.61 Å². The maximum atomic E-state index is 12.5. The molecule has 0 spiro atoms. The van der Waals surface area contributed by atoms with E-state index < -0.39 is 0 Å². The van der Waals surface area contributed by atoms with Crippen LogP contribution in [0.15, 0.2) is 54.6 Å². The summed E-state index contributed by atoms with van der Waals surface area (Å²) >= 11 is 1.18. The Hall–Kier alpha value is -3.34. The number of aromatic nitrogens is 2. The lowest BCUT2D eigenvalue weighted by Crippen LogP contribution is -2.46. The van der Waals surface area contributed by atoms with Crippen molar-refractivity contribution in [3.8, 4) is 5.75 Å². The predicted octanol–water partition coefficient (Wildman–Crippen LogP) is 3.13. The van der Waals surface area contributed by atoms with Crippen LogP contribution < -0.4 is 15.4 Å². The molecule has 1 aliphatic heterocycles. The second-order valence-electron chi connectivity index (χ2n) is 8.52. The summed E-state index contributed by atoms with van der Waals surface area (Å²) in [5.74, 6) is 0.264. The van der Waals surface area contributed by atoms with Crippen molar-refractivity contribution < 1.29 is 14.3 Å². The first-order chi connectivity index (χ1) is 17.6. The van der Waals surface area contributed by atoms with Crippen LogP contribution in [0.3, 0.4) is 0 Å². The van der Waals surface area contributed by atoms with Gasteiger partial charge in [-0.25, -0.2) is 0 Å². The molecule has 0 unspecified atom stereocenters. The molecule has 4 rings (SSSR count). The smallest absolute Gasteiger partial charge is 0.286 e. The number of carbonyl (C=O) groups excluding carboxylic acids is 2. The molecule has 2 heterocycles. The van der Waals surface area contributed by atoms with Crippen molar-refractivity contribution in [3.05, 3.63) is 70.2 Å². The Morgan fingerprint density at radius 1 is 0.944 bits per heavy atom. The molecule has 36 heavy (non-hydrogen) atoms. The number of anilines is 1. The largest absolute Gasteiger partial charge is 0.486 e. The number of hydrogen-bond acceptors (Lipinski definition) is 8. The first-order valence-corrected chi connectivity index (χ1v) is 13.1. The number of benzene rings is 2. The lowest BCUT2D eigenvalue weighted by Gasteiger charge is -2.33. The third-order valence-electron chi connectivity index (χ3n) is 6.02. The van der Waals surface area contributed by atoms with E-state index in [1.54, 1.807) is 24.3 Å². The highest BCUT2D eigenvalue weighted by Crippen LogP contribution is 2.17. The zero-order chi connectivity index (χ0) is 25.2. The lowest BCUT2D eigenvalue weighted by atomic mass is 10.2. The topological polar surface area (TPSA) is 99.7 Å². The summed E-state index contributed by atoms with van der Waals surface area (Å²) in [5, 5.41) is 14.6. The molecule has 1 aliphatic rings. The fraction of sp³-hybridized carbons (Fsp3) is 0.385. The number of hydrogen-bond donors (Lipinski definition) is 2. The van der Waals surface area contributed by atoms with Gasteiger partial charge in [0.05, 0.1) is 0 Å². The summed E-state index contributed by atoms with van der Waals surface area (Å²) < 4.78 is 5.65. The molecule has 1 aromatic heterocycles. The molecule has 0 bridgehead atoms. The standard InChI is InChI=1S/C26H32N6O3S/c1-2-31-15-17-32(18-16-31)14-6-13-27-24(33)20-9-11-21(12-10-20)28-25(34)26-30-29-23(36-26)19-35-22-7-4-3-5-8-22/h3-5,7-12H,2,6,13-19H2,1H3,(H,27,33)(H,28,34). The Morgan fingerprint density at radius 3 is 2.39 bits per heavy atom. The van der Waals surface area contributed by atoms with Gasteiger partial charge in [0.2, 0.25) is 5.01 Å². The number of likely N-dealkylation sites (N-methyl/N-ethyl adjacent to an activating group) is 1. The maximum absolute atomic E-state index is 12.5. The molecule has 10 heteroatoms. The van der Waals surface area contributed by atoms with Gasteiger partial charge in [0.1, 0.15) is 12.4 Å². The number of nitrogens with one attached hydrogen (secondary N) is 2. The van der Waals surface area contributed by atoms with Gasteiger partial charge in [0.15, 0.2) is 5.01 Å². The summed E-state index contributed by atoms with van der Waals surface area (Å²) in [6, 6.07) is 16.2. The molecule has 0 atom stereocenters. The summed E-state index contributed by atoms with van der Waals surface area (Å²) in [5.41, 5.74) is 1.14. The van der Waals surface area contributed by atoms with Crippen LogP contribution in [-0.4, -0.2) is 77.6 Å². The Labute approximate surface area is 215 Å². The van der Waals surface area contributed by atoms with E-state index in [1.165, 1.54) is 11.3 Å². The number of carbonyl (C=O) groups is 2. The van der Waals surface area contributed by atoms with Crippen LogP contribution in [0, 0.1) is 0 Å². The van der Waals surface area contributed by atoms with E-state index in [1.807, 2.05) is 30.3 Å².